The summed E-state index contributed by atoms with van der Waals surface area (Å²) in [5.74, 6) is -0.210. The van der Waals surface area contributed by atoms with Gasteiger partial charge in [-0.3, -0.25) is 14.9 Å². The molecule has 1 atom stereocenters. The summed E-state index contributed by atoms with van der Waals surface area (Å²) < 4.78 is 0. The van der Waals surface area contributed by atoms with Gasteiger partial charge in [-0.15, -0.1) is 23.1 Å². The number of carbonyl (C=O) groups excluding carboxylic acids is 1. The van der Waals surface area contributed by atoms with Gasteiger partial charge in [-0.25, -0.2) is 4.98 Å². The molecule has 0 saturated carbocycles. The molecule has 4 aromatic rings. The second kappa shape index (κ2) is 9.63. The molecule has 1 heterocycles. The highest BCUT2D eigenvalue weighted by atomic mass is 32.2. The van der Waals surface area contributed by atoms with Gasteiger partial charge < -0.3 is 11.1 Å². The third kappa shape index (κ3) is 5.13. The maximum Gasteiger partial charge on any atom is 0.270 e. The molecule has 0 aliphatic carbocycles. The Morgan fingerprint density at radius 3 is 2.53 bits per heavy atom. The largest absolute Gasteiger partial charge is 0.399 e. The number of hydrogen-bond acceptors (Lipinski definition) is 7. The van der Waals surface area contributed by atoms with E-state index in [1.54, 1.807) is 29.6 Å². The summed E-state index contributed by atoms with van der Waals surface area (Å²) in [6.07, 6.45) is 0. The lowest BCUT2D eigenvalue weighted by atomic mass is 10.1. The van der Waals surface area contributed by atoms with Crippen molar-refractivity contribution >= 4 is 45.5 Å². The summed E-state index contributed by atoms with van der Waals surface area (Å²) in [6, 6.07) is 23.1. The molecule has 0 radical (unpaired) electrons. The molecule has 0 bridgehead atoms. The van der Waals surface area contributed by atoms with E-state index in [0.717, 1.165) is 10.5 Å². The third-order valence-electron chi connectivity index (χ3n) is 4.56. The fourth-order valence-electron chi connectivity index (χ4n) is 3.00. The zero-order valence-electron chi connectivity index (χ0n) is 16.7. The lowest BCUT2D eigenvalue weighted by molar-refractivity contribution is -0.384. The van der Waals surface area contributed by atoms with Gasteiger partial charge in [0.2, 0.25) is 5.91 Å². The van der Waals surface area contributed by atoms with Gasteiger partial charge in [0.25, 0.3) is 5.69 Å². The Labute approximate surface area is 192 Å². The maximum atomic E-state index is 13.2. The van der Waals surface area contributed by atoms with Crippen LogP contribution < -0.4 is 11.1 Å². The molecular weight excluding hydrogens is 444 g/mol. The molecule has 1 unspecified atom stereocenters. The molecule has 4 rings (SSSR count). The number of anilines is 2. The molecule has 0 spiro atoms. The summed E-state index contributed by atoms with van der Waals surface area (Å²) in [5, 5.41) is 15.6. The summed E-state index contributed by atoms with van der Waals surface area (Å²) in [6.45, 7) is 0. The van der Waals surface area contributed by atoms with Crippen LogP contribution in [0.1, 0.15) is 10.8 Å². The number of rotatable bonds is 7. The Morgan fingerprint density at radius 2 is 1.81 bits per heavy atom. The molecule has 0 fully saturated rings. The first kappa shape index (κ1) is 21.5. The van der Waals surface area contributed by atoms with Gasteiger partial charge in [0.1, 0.15) is 5.25 Å². The van der Waals surface area contributed by atoms with Crippen LogP contribution in [0.5, 0.6) is 0 Å². The van der Waals surface area contributed by atoms with E-state index < -0.39 is 10.2 Å². The Morgan fingerprint density at radius 1 is 1.06 bits per heavy atom. The SMILES string of the molecule is Nc1ccc(SC(C(=O)Nc2nc(-c3cccc([N+](=O)[O-])c3)cs2)c2ccccc2)cc1. The number of benzene rings is 3. The number of nitro groups is 1. The van der Waals surface area contributed by atoms with E-state index in [-0.39, 0.29) is 11.6 Å². The van der Waals surface area contributed by atoms with Crippen molar-refractivity contribution in [3.05, 3.63) is 99.9 Å². The van der Waals surface area contributed by atoms with E-state index in [1.807, 2.05) is 42.5 Å². The van der Waals surface area contributed by atoms with E-state index in [9.17, 15) is 14.9 Å². The van der Waals surface area contributed by atoms with E-state index in [1.165, 1.54) is 35.2 Å². The second-order valence-corrected chi connectivity index (χ2v) is 8.85. The molecule has 0 aliphatic heterocycles. The molecule has 3 N–H and O–H groups in total. The van der Waals surface area contributed by atoms with Crippen LogP contribution in [-0.2, 0) is 4.79 Å². The Balaban J connectivity index is 1.55. The van der Waals surface area contributed by atoms with Crippen LogP contribution in [0.4, 0.5) is 16.5 Å². The van der Waals surface area contributed by atoms with Crippen LogP contribution in [0.3, 0.4) is 0 Å². The first-order chi connectivity index (χ1) is 15.5. The molecule has 1 aromatic heterocycles. The zero-order valence-corrected chi connectivity index (χ0v) is 18.3. The molecule has 1 amide bonds. The molecule has 7 nitrogen and oxygen atoms in total. The number of nitrogen functional groups attached to an aromatic ring is 1. The van der Waals surface area contributed by atoms with Crippen molar-refractivity contribution < 1.29 is 9.72 Å². The van der Waals surface area contributed by atoms with E-state index in [2.05, 4.69) is 10.3 Å². The number of nitrogens with zero attached hydrogens (tertiary/aromatic N) is 2. The van der Waals surface area contributed by atoms with Crippen molar-refractivity contribution in [1.82, 2.24) is 4.98 Å². The first-order valence-electron chi connectivity index (χ1n) is 9.58. The van der Waals surface area contributed by atoms with Crippen molar-refractivity contribution in [3.63, 3.8) is 0 Å². The van der Waals surface area contributed by atoms with Gasteiger partial charge in [0.05, 0.1) is 10.6 Å². The Kier molecular flexibility index (Phi) is 6.48. The summed E-state index contributed by atoms with van der Waals surface area (Å²) in [4.78, 5) is 29.2. The topological polar surface area (TPSA) is 111 Å². The first-order valence-corrected chi connectivity index (χ1v) is 11.3. The van der Waals surface area contributed by atoms with Crippen molar-refractivity contribution in [2.45, 2.75) is 10.1 Å². The molecule has 9 heteroatoms. The molecule has 0 aliphatic rings. The number of thioether (sulfide) groups is 1. The summed E-state index contributed by atoms with van der Waals surface area (Å²) >= 11 is 2.69. The highest BCUT2D eigenvalue weighted by molar-refractivity contribution is 8.00. The van der Waals surface area contributed by atoms with E-state index in [0.29, 0.717) is 22.1 Å². The fourth-order valence-corrected chi connectivity index (χ4v) is 4.74. The number of nitro benzene ring substituents is 1. The third-order valence-corrected chi connectivity index (χ3v) is 6.59. The zero-order chi connectivity index (χ0) is 22.5. The van der Waals surface area contributed by atoms with Crippen LogP contribution in [0.2, 0.25) is 0 Å². The number of aromatic nitrogens is 1. The second-order valence-electron chi connectivity index (χ2n) is 6.81. The predicted molar refractivity (Wildman–Crippen MR) is 129 cm³/mol. The van der Waals surface area contributed by atoms with Crippen LogP contribution >= 0.6 is 23.1 Å². The summed E-state index contributed by atoms with van der Waals surface area (Å²) in [5.41, 5.74) is 8.47. The number of thiazole rings is 1. The van der Waals surface area contributed by atoms with E-state index >= 15 is 0 Å². The van der Waals surface area contributed by atoms with Crippen LogP contribution in [0, 0.1) is 10.1 Å². The Bertz CT molecular complexity index is 1240. The number of nitrogens with one attached hydrogen (secondary N) is 1. The number of amides is 1. The van der Waals surface area contributed by atoms with Crippen LogP contribution in [-0.4, -0.2) is 15.8 Å². The highest BCUT2D eigenvalue weighted by Gasteiger charge is 2.23. The Hall–Kier alpha value is -3.69. The minimum Gasteiger partial charge on any atom is -0.399 e. The fraction of sp³-hybridized carbons (Fsp3) is 0.0435. The van der Waals surface area contributed by atoms with Gasteiger partial charge in [-0.2, -0.15) is 0 Å². The van der Waals surface area contributed by atoms with Gasteiger partial charge in [-0.05, 0) is 29.8 Å². The standard InChI is InChI=1S/C23H18N4O3S2/c24-17-9-11-19(12-10-17)32-21(15-5-2-1-3-6-15)22(28)26-23-25-20(14-31-23)16-7-4-8-18(13-16)27(29)30/h1-14,21H,24H2,(H,25,26,28). The van der Waals surface area contributed by atoms with Gasteiger partial charge in [-0.1, -0.05) is 42.5 Å². The lowest BCUT2D eigenvalue weighted by Gasteiger charge is -2.16. The van der Waals surface area contributed by atoms with Crippen molar-refractivity contribution in [3.8, 4) is 11.3 Å². The number of hydrogen-bond donors (Lipinski definition) is 2. The number of carbonyl (C=O) groups is 1. The minimum absolute atomic E-state index is 0.00914. The quantitative estimate of drug-likeness (QED) is 0.156. The molecule has 32 heavy (non-hydrogen) atoms. The molecule has 3 aromatic carbocycles. The number of non-ortho nitro benzene ring substituents is 1. The molecule has 0 saturated heterocycles. The van der Waals surface area contributed by atoms with Crippen LogP contribution in [0.25, 0.3) is 11.3 Å². The monoisotopic (exact) mass is 462 g/mol. The molecular formula is C23H18N4O3S2. The van der Waals surface area contributed by atoms with Crippen molar-refractivity contribution in [2.75, 3.05) is 11.1 Å². The minimum atomic E-state index is -0.495. The van der Waals surface area contributed by atoms with Gasteiger partial charge in [0, 0.05) is 33.7 Å². The van der Waals surface area contributed by atoms with Crippen LogP contribution in [0.15, 0.2) is 89.1 Å². The average molecular weight is 463 g/mol. The summed E-state index contributed by atoms with van der Waals surface area (Å²) in [7, 11) is 0. The lowest BCUT2D eigenvalue weighted by Crippen LogP contribution is -2.18. The smallest absolute Gasteiger partial charge is 0.270 e. The maximum absolute atomic E-state index is 13.2. The normalized spacial score (nSPS) is 11.6. The van der Waals surface area contributed by atoms with Gasteiger partial charge in [0.15, 0.2) is 5.13 Å². The number of nitrogens with two attached hydrogens (primary N) is 1. The predicted octanol–water partition coefficient (Wildman–Crippen LogP) is 5.77. The van der Waals surface area contributed by atoms with Gasteiger partial charge >= 0.3 is 0 Å². The highest BCUT2D eigenvalue weighted by Crippen LogP contribution is 2.37. The van der Waals surface area contributed by atoms with Crippen molar-refractivity contribution in [2.24, 2.45) is 0 Å². The van der Waals surface area contributed by atoms with E-state index in [4.69, 9.17) is 5.73 Å². The average Bonchev–Trinajstić information content (AvgIpc) is 3.27. The molecule has 160 valence electrons. The van der Waals surface area contributed by atoms with Crippen molar-refractivity contribution in [1.29, 1.82) is 0 Å².